The van der Waals surface area contributed by atoms with Crippen molar-refractivity contribution in [2.75, 3.05) is 0 Å². The fraction of sp³-hybridized carbons (Fsp3) is 0.174. The molecule has 0 aliphatic heterocycles. The molecule has 2 aromatic heterocycles. The standard InChI is InChI=1S/C23H19NO3S/c25-20-15-9-5-4-6-13(15)10-11-16(20)18-12-17-21(26)19(14-7-2-1-3-8-14)22(27)24-23(17)28-18/h1-3,7-8,10-12,25H,4-6,9H2,(H2,24,26,27). The molecule has 1 aliphatic carbocycles. The van der Waals surface area contributed by atoms with Crippen LogP contribution < -0.4 is 5.56 Å². The molecule has 2 aromatic carbocycles. The number of phenolic OH excluding ortho intramolecular Hbond substituents is 1. The number of fused-ring (bicyclic) bond motifs is 2. The first kappa shape index (κ1) is 17.1. The molecule has 140 valence electrons. The van der Waals surface area contributed by atoms with Gasteiger partial charge in [-0.25, -0.2) is 0 Å². The van der Waals surface area contributed by atoms with E-state index < -0.39 is 0 Å². The predicted octanol–water partition coefficient (Wildman–Crippen LogP) is 5.21. The van der Waals surface area contributed by atoms with Crippen LogP contribution in [0.3, 0.4) is 0 Å². The minimum absolute atomic E-state index is 0.0232. The Morgan fingerprint density at radius 2 is 1.71 bits per heavy atom. The summed E-state index contributed by atoms with van der Waals surface area (Å²) in [7, 11) is 0. The average Bonchev–Trinajstić information content (AvgIpc) is 3.13. The zero-order chi connectivity index (χ0) is 19.3. The lowest BCUT2D eigenvalue weighted by Gasteiger charge is -2.18. The number of benzene rings is 2. The van der Waals surface area contributed by atoms with Crippen LogP contribution in [0.4, 0.5) is 0 Å². The molecule has 0 saturated carbocycles. The van der Waals surface area contributed by atoms with Crippen LogP contribution in [0.25, 0.3) is 31.8 Å². The van der Waals surface area contributed by atoms with E-state index in [1.54, 1.807) is 12.1 Å². The van der Waals surface area contributed by atoms with Crippen molar-refractivity contribution < 1.29 is 10.2 Å². The third kappa shape index (κ3) is 2.62. The highest BCUT2D eigenvalue weighted by Gasteiger charge is 2.20. The summed E-state index contributed by atoms with van der Waals surface area (Å²) < 4.78 is 0. The molecule has 3 N–H and O–H groups in total. The Bertz CT molecular complexity index is 1250. The Morgan fingerprint density at radius 1 is 0.929 bits per heavy atom. The fourth-order valence-electron chi connectivity index (χ4n) is 4.08. The van der Waals surface area contributed by atoms with Crippen molar-refractivity contribution in [2.45, 2.75) is 25.7 Å². The molecule has 1 aliphatic rings. The van der Waals surface area contributed by atoms with Gasteiger partial charge in [-0.2, -0.15) is 0 Å². The van der Waals surface area contributed by atoms with Crippen molar-refractivity contribution in [1.29, 1.82) is 0 Å². The van der Waals surface area contributed by atoms with Gasteiger partial charge < -0.3 is 15.2 Å². The maximum absolute atomic E-state index is 12.6. The topological polar surface area (TPSA) is 73.3 Å². The van der Waals surface area contributed by atoms with Gasteiger partial charge in [0.25, 0.3) is 5.56 Å². The number of aryl methyl sites for hydroxylation is 1. The van der Waals surface area contributed by atoms with E-state index in [0.29, 0.717) is 21.5 Å². The summed E-state index contributed by atoms with van der Waals surface area (Å²) >= 11 is 1.37. The summed E-state index contributed by atoms with van der Waals surface area (Å²) in [6.45, 7) is 0. The van der Waals surface area contributed by atoms with Gasteiger partial charge in [-0.05, 0) is 54.5 Å². The Balaban J connectivity index is 1.70. The minimum Gasteiger partial charge on any atom is -0.507 e. The van der Waals surface area contributed by atoms with Gasteiger partial charge in [0.15, 0.2) is 0 Å². The molecule has 5 heteroatoms. The fourth-order valence-corrected chi connectivity index (χ4v) is 5.16. The van der Waals surface area contributed by atoms with Crippen molar-refractivity contribution in [3.8, 4) is 33.1 Å². The quantitative estimate of drug-likeness (QED) is 0.440. The van der Waals surface area contributed by atoms with Gasteiger partial charge in [-0.3, -0.25) is 4.79 Å². The normalized spacial score (nSPS) is 13.6. The highest BCUT2D eigenvalue weighted by atomic mass is 32.1. The summed E-state index contributed by atoms with van der Waals surface area (Å²) in [4.78, 5) is 16.9. The van der Waals surface area contributed by atoms with E-state index in [0.717, 1.165) is 41.7 Å². The molecule has 2 heterocycles. The molecule has 5 rings (SSSR count). The van der Waals surface area contributed by atoms with Crippen LogP contribution in [0, 0.1) is 0 Å². The molecule has 0 unspecified atom stereocenters. The smallest absolute Gasteiger partial charge is 0.260 e. The molecular weight excluding hydrogens is 370 g/mol. The van der Waals surface area contributed by atoms with Crippen molar-refractivity contribution >= 4 is 21.6 Å². The molecule has 0 radical (unpaired) electrons. The average molecular weight is 389 g/mol. The van der Waals surface area contributed by atoms with Gasteiger partial charge in [0.1, 0.15) is 16.3 Å². The highest BCUT2D eigenvalue weighted by molar-refractivity contribution is 7.21. The Kier molecular flexibility index (Phi) is 3.98. The number of aromatic amines is 1. The summed E-state index contributed by atoms with van der Waals surface area (Å²) in [5.41, 5.74) is 3.63. The van der Waals surface area contributed by atoms with Gasteiger partial charge in [0, 0.05) is 10.4 Å². The monoisotopic (exact) mass is 389 g/mol. The zero-order valence-electron chi connectivity index (χ0n) is 15.2. The van der Waals surface area contributed by atoms with Crippen LogP contribution in [0.5, 0.6) is 11.5 Å². The van der Waals surface area contributed by atoms with Crippen LogP contribution in [-0.2, 0) is 12.8 Å². The van der Waals surface area contributed by atoms with E-state index >= 15 is 0 Å². The van der Waals surface area contributed by atoms with Crippen LogP contribution in [-0.4, -0.2) is 15.2 Å². The second-order valence-corrected chi connectivity index (χ2v) is 8.26. The van der Waals surface area contributed by atoms with E-state index in [9.17, 15) is 15.0 Å². The lowest BCUT2D eigenvalue weighted by atomic mass is 9.89. The van der Waals surface area contributed by atoms with Crippen LogP contribution in [0.2, 0.25) is 0 Å². The molecule has 0 fully saturated rings. The number of pyridine rings is 1. The SMILES string of the molecule is O=c1[nH]c2sc(-c3ccc4c(c3O)CCCC4)cc2c(O)c1-c1ccccc1. The first-order valence-electron chi connectivity index (χ1n) is 9.42. The predicted molar refractivity (Wildman–Crippen MR) is 113 cm³/mol. The largest absolute Gasteiger partial charge is 0.507 e. The Hall–Kier alpha value is -3.05. The lowest BCUT2D eigenvalue weighted by molar-refractivity contribution is 0.464. The van der Waals surface area contributed by atoms with E-state index in [1.807, 2.05) is 30.3 Å². The Morgan fingerprint density at radius 3 is 2.54 bits per heavy atom. The molecular formula is C23H19NO3S. The summed E-state index contributed by atoms with van der Waals surface area (Å²) in [5, 5.41) is 22.3. The van der Waals surface area contributed by atoms with Gasteiger partial charge in [0.2, 0.25) is 0 Å². The van der Waals surface area contributed by atoms with E-state index in [4.69, 9.17) is 0 Å². The first-order valence-corrected chi connectivity index (χ1v) is 10.2. The highest BCUT2D eigenvalue weighted by Crippen LogP contribution is 2.44. The summed E-state index contributed by atoms with van der Waals surface area (Å²) in [6, 6.07) is 15.0. The van der Waals surface area contributed by atoms with Crippen molar-refractivity contribution in [2.24, 2.45) is 0 Å². The number of thiophene rings is 1. The number of hydrogen-bond acceptors (Lipinski definition) is 4. The van der Waals surface area contributed by atoms with Crippen molar-refractivity contribution in [3.63, 3.8) is 0 Å². The first-order chi connectivity index (χ1) is 13.6. The van der Waals surface area contributed by atoms with E-state index in [-0.39, 0.29) is 16.9 Å². The number of aromatic nitrogens is 1. The molecule has 0 saturated heterocycles. The molecule has 0 atom stereocenters. The zero-order valence-corrected chi connectivity index (χ0v) is 16.0. The van der Waals surface area contributed by atoms with Crippen LogP contribution in [0.15, 0.2) is 53.3 Å². The number of rotatable bonds is 2. The number of H-pyrrole nitrogens is 1. The number of nitrogens with one attached hydrogen (secondary N) is 1. The van der Waals surface area contributed by atoms with Crippen molar-refractivity contribution in [3.05, 3.63) is 70.0 Å². The Labute approximate surface area is 165 Å². The second kappa shape index (κ2) is 6.53. The maximum Gasteiger partial charge on any atom is 0.260 e. The van der Waals surface area contributed by atoms with E-state index in [1.165, 1.54) is 16.9 Å². The van der Waals surface area contributed by atoms with Gasteiger partial charge in [0.05, 0.1) is 10.9 Å². The third-order valence-corrected chi connectivity index (χ3v) is 6.59. The van der Waals surface area contributed by atoms with E-state index in [2.05, 4.69) is 11.1 Å². The van der Waals surface area contributed by atoms with Gasteiger partial charge in [-0.1, -0.05) is 36.4 Å². The number of aromatic hydroxyl groups is 2. The molecule has 4 aromatic rings. The third-order valence-electron chi connectivity index (χ3n) is 5.51. The lowest BCUT2D eigenvalue weighted by Crippen LogP contribution is -2.08. The molecule has 0 spiro atoms. The van der Waals surface area contributed by atoms with Gasteiger partial charge >= 0.3 is 0 Å². The molecule has 28 heavy (non-hydrogen) atoms. The van der Waals surface area contributed by atoms with Crippen LogP contribution in [0.1, 0.15) is 24.0 Å². The van der Waals surface area contributed by atoms with Crippen molar-refractivity contribution in [1.82, 2.24) is 4.98 Å². The minimum atomic E-state index is -0.320. The maximum atomic E-state index is 12.6. The van der Waals surface area contributed by atoms with Gasteiger partial charge in [-0.15, -0.1) is 11.3 Å². The number of hydrogen-bond donors (Lipinski definition) is 3. The summed E-state index contributed by atoms with van der Waals surface area (Å²) in [5.74, 6) is 0.304. The number of phenols is 1. The van der Waals surface area contributed by atoms with Crippen LogP contribution >= 0.6 is 11.3 Å². The molecule has 4 nitrogen and oxygen atoms in total. The summed E-state index contributed by atoms with van der Waals surface area (Å²) in [6.07, 6.45) is 4.14. The molecule has 0 amide bonds. The second-order valence-electron chi connectivity index (χ2n) is 7.20. The molecule has 0 bridgehead atoms.